The molecule has 1 saturated heterocycles. The van der Waals surface area contributed by atoms with Crippen LogP contribution in [0.5, 0.6) is 0 Å². The molecule has 6 nitrogen and oxygen atoms in total. The lowest BCUT2D eigenvalue weighted by molar-refractivity contribution is -0.337. The van der Waals surface area contributed by atoms with Crippen LogP contribution < -0.4 is 5.73 Å². The van der Waals surface area contributed by atoms with Gasteiger partial charge in [-0.15, -0.1) is 0 Å². The number of fused-ring (bicyclic) bond motifs is 1. The van der Waals surface area contributed by atoms with Crippen LogP contribution in [0.15, 0.2) is 22.8 Å². The minimum absolute atomic E-state index is 0.0912. The van der Waals surface area contributed by atoms with Gasteiger partial charge in [0.1, 0.15) is 5.52 Å². The summed E-state index contributed by atoms with van der Waals surface area (Å²) >= 11 is 0. The summed E-state index contributed by atoms with van der Waals surface area (Å²) in [5.41, 5.74) is 9.18. The highest BCUT2D eigenvalue weighted by atomic mass is 19.4. The molecule has 2 aromatic rings. The highest BCUT2D eigenvalue weighted by molar-refractivity contribution is 5.81. The van der Waals surface area contributed by atoms with Gasteiger partial charge in [0.2, 0.25) is 0 Å². The Balaban J connectivity index is 1.34. The summed E-state index contributed by atoms with van der Waals surface area (Å²) < 4.78 is 46.8. The summed E-state index contributed by atoms with van der Waals surface area (Å²) in [5, 5.41) is 0. The van der Waals surface area contributed by atoms with Crippen LogP contribution in [0.3, 0.4) is 0 Å². The molecule has 35 heavy (non-hydrogen) atoms. The molecule has 5 aliphatic rings. The van der Waals surface area contributed by atoms with Crippen molar-refractivity contribution in [2.24, 2.45) is 16.1 Å². The Morgan fingerprint density at radius 3 is 2.49 bits per heavy atom. The summed E-state index contributed by atoms with van der Waals surface area (Å²) in [7, 11) is 0. The monoisotopic (exact) mass is 485 g/mol. The first-order valence-electron chi connectivity index (χ1n) is 12.4. The van der Waals surface area contributed by atoms with E-state index in [9.17, 15) is 13.2 Å². The van der Waals surface area contributed by atoms with Crippen LogP contribution in [-0.4, -0.2) is 46.1 Å². The van der Waals surface area contributed by atoms with Gasteiger partial charge in [-0.1, -0.05) is 0 Å². The minimum atomic E-state index is -4.17. The fraction of sp³-hybridized carbons (Fsp3) is 0.615. The first kappa shape index (κ1) is 22.9. The SMILES string of the molecule is Cc1nc2cc([C@H]3CCO[C@@H](/C(C=NC4CC4)=C/N)C3)nc(C34CC(C(F)(F)F)(C3)C4)c2nc1C. The number of nitrogens with two attached hydrogens (primary N) is 1. The zero-order valence-electron chi connectivity index (χ0n) is 20.0. The molecule has 3 heterocycles. The average Bonchev–Trinajstić information content (AvgIpc) is 3.57. The molecule has 7 rings (SSSR count). The van der Waals surface area contributed by atoms with E-state index in [1.165, 1.54) is 0 Å². The quantitative estimate of drug-likeness (QED) is 0.605. The van der Waals surface area contributed by atoms with E-state index in [1.54, 1.807) is 6.20 Å². The number of rotatable bonds is 5. The van der Waals surface area contributed by atoms with Gasteiger partial charge < -0.3 is 10.5 Å². The predicted molar refractivity (Wildman–Crippen MR) is 126 cm³/mol. The molecule has 2 N–H and O–H groups in total. The van der Waals surface area contributed by atoms with E-state index in [1.807, 2.05) is 26.1 Å². The standard InChI is InChI=1S/C26H30F3N5O/c1-14-15(2)33-22-20(32-14)8-19(34-23(22)24-11-25(12-24,13-24)26(27,28)29)16-5-6-35-21(7-16)17(9-30)10-31-18-3-4-18/h8-10,16,18,21H,3-7,11-13,30H2,1-2H3/b17-9+,31-10?/t16-,21+,24?,25?/m0/s1. The third-order valence-corrected chi connectivity index (χ3v) is 8.47. The van der Waals surface area contributed by atoms with Gasteiger partial charge in [0.25, 0.3) is 0 Å². The molecule has 0 spiro atoms. The Kier molecular flexibility index (Phi) is 5.05. The molecule has 4 saturated carbocycles. The zero-order valence-corrected chi connectivity index (χ0v) is 20.0. The molecule has 5 fully saturated rings. The van der Waals surface area contributed by atoms with Gasteiger partial charge in [0, 0.05) is 41.6 Å². The maximum absolute atomic E-state index is 13.6. The van der Waals surface area contributed by atoms with E-state index < -0.39 is 17.0 Å². The van der Waals surface area contributed by atoms with Crippen LogP contribution in [0, 0.1) is 19.3 Å². The topological polar surface area (TPSA) is 86.3 Å². The molecule has 0 unspecified atom stereocenters. The number of aliphatic imine (C=N–C) groups is 1. The third-order valence-electron chi connectivity index (χ3n) is 8.47. The summed E-state index contributed by atoms with van der Waals surface area (Å²) in [6.07, 6.45) is 3.03. The van der Waals surface area contributed by atoms with Crippen molar-refractivity contribution in [3.05, 3.63) is 40.6 Å². The van der Waals surface area contributed by atoms with Crippen molar-refractivity contribution in [2.75, 3.05) is 6.61 Å². The number of aromatic nitrogens is 3. The van der Waals surface area contributed by atoms with E-state index in [-0.39, 0.29) is 31.3 Å². The van der Waals surface area contributed by atoms with Gasteiger partial charge in [-0.25, -0.2) is 9.97 Å². The van der Waals surface area contributed by atoms with Crippen LogP contribution in [-0.2, 0) is 10.2 Å². The van der Waals surface area contributed by atoms with E-state index in [2.05, 4.69) is 4.99 Å². The molecule has 2 atom stereocenters. The number of aryl methyl sites for hydroxylation is 2. The largest absolute Gasteiger partial charge is 0.404 e. The number of halogens is 3. The molecule has 2 aromatic heterocycles. The molecule has 0 amide bonds. The number of pyridine rings is 1. The number of ether oxygens (including phenoxy) is 1. The first-order chi connectivity index (χ1) is 16.6. The number of hydrogen-bond acceptors (Lipinski definition) is 6. The fourth-order valence-electron chi connectivity index (χ4n) is 6.11. The van der Waals surface area contributed by atoms with Crippen LogP contribution in [0.25, 0.3) is 11.0 Å². The van der Waals surface area contributed by atoms with E-state index in [4.69, 9.17) is 25.4 Å². The second-order valence-electron chi connectivity index (χ2n) is 11.0. The lowest BCUT2D eigenvalue weighted by Gasteiger charge is -2.70. The summed E-state index contributed by atoms with van der Waals surface area (Å²) in [6, 6.07) is 2.37. The second kappa shape index (κ2) is 7.72. The van der Waals surface area contributed by atoms with Crippen molar-refractivity contribution >= 4 is 17.2 Å². The van der Waals surface area contributed by atoms with Gasteiger partial charge in [0.05, 0.1) is 40.2 Å². The van der Waals surface area contributed by atoms with E-state index >= 15 is 0 Å². The highest BCUT2D eigenvalue weighted by Crippen LogP contribution is 2.78. The third kappa shape index (κ3) is 3.65. The molecule has 1 aliphatic heterocycles. The fourth-order valence-corrected chi connectivity index (χ4v) is 6.11. The number of alkyl halides is 3. The maximum Gasteiger partial charge on any atom is 0.394 e. The van der Waals surface area contributed by atoms with Crippen LogP contribution >= 0.6 is 0 Å². The van der Waals surface area contributed by atoms with E-state index in [0.717, 1.165) is 41.9 Å². The summed E-state index contributed by atoms with van der Waals surface area (Å²) in [5.74, 6) is 0.0912. The molecular formula is C26H30F3N5O. The van der Waals surface area contributed by atoms with E-state index in [0.29, 0.717) is 35.8 Å². The summed E-state index contributed by atoms with van der Waals surface area (Å²) in [4.78, 5) is 19.1. The van der Waals surface area contributed by atoms with Crippen molar-refractivity contribution in [1.29, 1.82) is 0 Å². The molecule has 0 radical (unpaired) electrons. The van der Waals surface area contributed by atoms with Gasteiger partial charge in [0.15, 0.2) is 0 Å². The Morgan fingerprint density at radius 2 is 1.83 bits per heavy atom. The van der Waals surface area contributed by atoms with Crippen LogP contribution in [0.4, 0.5) is 13.2 Å². The lowest BCUT2D eigenvalue weighted by atomic mass is 9.34. The van der Waals surface area contributed by atoms with Crippen LogP contribution in [0.2, 0.25) is 0 Å². The molecular weight excluding hydrogens is 455 g/mol. The Hall–Kier alpha value is -2.55. The van der Waals surface area contributed by atoms with Gasteiger partial charge in [-0.05, 0) is 64.9 Å². The number of nitrogens with zero attached hydrogens (tertiary/aromatic N) is 4. The van der Waals surface area contributed by atoms with Crippen molar-refractivity contribution < 1.29 is 17.9 Å². The predicted octanol–water partition coefficient (Wildman–Crippen LogP) is 4.96. The second-order valence-corrected chi connectivity index (χ2v) is 11.0. The molecule has 9 heteroatoms. The lowest BCUT2D eigenvalue weighted by Crippen LogP contribution is -2.70. The minimum Gasteiger partial charge on any atom is -0.404 e. The Labute approximate surface area is 202 Å². The van der Waals surface area contributed by atoms with Gasteiger partial charge >= 0.3 is 6.18 Å². The van der Waals surface area contributed by atoms with Crippen LogP contribution in [0.1, 0.15) is 73.6 Å². The average molecular weight is 486 g/mol. The number of hydrogen-bond donors (Lipinski definition) is 1. The van der Waals surface area contributed by atoms with Crippen molar-refractivity contribution in [1.82, 2.24) is 15.0 Å². The highest BCUT2D eigenvalue weighted by Gasteiger charge is 2.79. The molecule has 4 aliphatic carbocycles. The van der Waals surface area contributed by atoms with Crippen molar-refractivity contribution in [3.63, 3.8) is 0 Å². The maximum atomic E-state index is 13.6. The Morgan fingerprint density at radius 1 is 1.11 bits per heavy atom. The zero-order chi connectivity index (χ0) is 24.6. The first-order valence-corrected chi connectivity index (χ1v) is 12.4. The van der Waals surface area contributed by atoms with Gasteiger partial charge in [-0.3, -0.25) is 9.98 Å². The smallest absolute Gasteiger partial charge is 0.394 e. The molecule has 186 valence electrons. The normalized spacial score (nSPS) is 33.1. The Bertz CT molecular complexity index is 1230. The molecule has 0 aromatic carbocycles. The summed E-state index contributed by atoms with van der Waals surface area (Å²) in [6.45, 7) is 4.34. The van der Waals surface area contributed by atoms with Gasteiger partial charge in [-0.2, -0.15) is 13.2 Å². The molecule has 2 bridgehead atoms. The van der Waals surface area contributed by atoms with Crippen molar-refractivity contribution in [2.45, 2.75) is 88.4 Å². The van der Waals surface area contributed by atoms with Crippen molar-refractivity contribution in [3.8, 4) is 0 Å².